The van der Waals surface area contributed by atoms with Crippen LogP contribution in [0.15, 0.2) is 18.2 Å². The summed E-state index contributed by atoms with van der Waals surface area (Å²) < 4.78 is 26.9. The Kier molecular flexibility index (Phi) is 4.55. The van der Waals surface area contributed by atoms with E-state index in [0.29, 0.717) is 12.1 Å². The molecule has 0 spiro atoms. The smallest absolute Gasteiger partial charge is 0.126 e. The average molecular weight is 294 g/mol. The van der Waals surface area contributed by atoms with E-state index >= 15 is 0 Å². The molecule has 1 heterocycles. The van der Waals surface area contributed by atoms with Crippen molar-refractivity contribution in [2.75, 3.05) is 13.1 Å². The summed E-state index contributed by atoms with van der Waals surface area (Å²) >= 11 is 0. The molecule has 1 saturated heterocycles. The molecule has 0 aromatic heterocycles. The Morgan fingerprint density at radius 3 is 2.43 bits per heavy atom. The number of benzene rings is 1. The summed E-state index contributed by atoms with van der Waals surface area (Å²) in [4.78, 5) is 2.43. The van der Waals surface area contributed by atoms with Crippen LogP contribution < -0.4 is 5.32 Å². The molecule has 1 aromatic carbocycles. The predicted molar refractivity (Wildman–Crippen MR) is 80.1 cm³/mol. The molecule has 1 N–H and O–H groups in total. The van der Waals surface area contributed by atoms with Crippen LogP contribution in [0.3, 0.4) is 0 Å². The zero-order valence-corrected chi connectivity index (χ0v) is 12.6. The molecule has 4 heteroatoms. The topological polar surface area (TPSA) is 15.3 Å². The first-order chi connectivity index (χ1) is 10.1. The molecule has 0 radical (unpaired) electrons. The molecule has 1 aromatic rings. The lowest BCUT2D eigenvalue weighted by Crippen LogP contribution is -2.45. The third kappa shape index (κ3) is 3.80. The van der Waals surface area contributed by atoms with Crippen LogP contribution in [0.25, 0.3) is 0 Å². The summed E-state index contributed by atoms with van der Waals surface area (Å²) in [5.41, 5.74) is 0.746. The lowest BCUT2D eigenvalue weighted by atomic mass is 10.0. The summed E-state index contributed by atoms with van der Waals surface area (Å²) in [5, 5.41) is 3.57. The van der Waals surface area contributed by atoms with Crippen molar-refractivity contribution in [3.05, 3.63) is 35.4 Å². The molecule has 0 amide bonds. The maximum atomic E-state index is 13.5. The Labute approximate surface area is 125 Å². The minimum Gasteiger partial charge on any atom is -0.313 e. The van der Waals surface area contributed by atoms with Crippen molar-refractivity contribution in [2.24, 2.45) is 0 Å². The van der Waals surface area contributed by atoms with Gasteiger partial charge in [0.05, 0.1) is 0 Å². The van der Waals surface area contributed by atoms with Crippen LogP contribution in [0.5, 0.6) is 0 Å². The molecule has 2 fully saturated rings. The molecule has 0 bridgehead atoms. The Morgan fingerprint density at radius 2 is 1.86 bits per heavy atom. The van der Waals surface area contributed by atoms with E-state index in [1.165, 1.54) is 44.2 Å². The SMILES string of the molecule is CC(c1cc(F)cc(F)c1)N(CC1CCCCN1)C1CC1. The van der Waals surface area contributed by atoms with Gasteiger partial charge in [-0.2, -0.15) is 0 Å². The normalized spacial score (nSPS) is 24.3. The second-order valence-electron chi connectivity index (χ2n) is 6.45. The number of hydrogen-bond acceptors (Lipinski definition) is 2. The molecular formula is C17H24F2N2. The van der Waals surface area contributed by atoms with Gasteiger partial charge in [0.15, 0.2) is 0 Å². The highest BCUT2D eigenvalue weighted by Gasteiger charge is 2.34. The maximum absolute atomic E-state index is 13.5. The lowest BCUT2D eigenvalue weighted by molar-refractivity contribution is 0.166. The van der Waals surface area contributed by atoms with Gasteiger partial charge in [0.1, 0.15) is 11.6 Å². The van der Waals surface area contributed by atoms with Crippen LogP contribution in [0.4, 0.5) is 8.78 Å². The standard InChI is InChI=1S/C17H24F2N2/c1-12(13-8-14(18)10-15(19)9-13)21(17-5-6-17)11-16-4-2-3-7-20-16/h8-10,12,16-17,20H,2-7,11H2,1H3. The van der Waals surface area contributed by atoms with Gasteiger partial charge in [0.25, 0.3) is 0 Å². The molecule has 2 nitrogen and oxygen atoms in total. The van der Waals surface area contributed by atoms with Crippen LogP contribution in [-0.2, 0) is 0 Å². The van der Waals surface area contributed by atoms with Crippen molar-refractivity contribution < 1.29 is 8.78 Å². The first-order valence-electron chi connectivity index (χ1n) is 8.08. The zero-order valence-electron chi connectivity index (χ0n) is 12.6. The van der Waals surface area contributed by atoms with Crippen molar-refractivity contribution in [1.29, 1.82) is 0 Å². The fourth-order valence-electron chi connectivity index (χ4n) is 3.37. The lowest BCUT2D eigenvalue weighted by Gasteiger charge is -2.35. The van der Waals surface area contributed by atoms with Crippen LogP contribution >= 0.6 is 0 Å². The first-order valence-corrected chi connectivity index (χ1v) is 8.08. The summed E-state index contributed by atoms with van der Waals surface area (Å²) in [6, 6.07) is 5.04. The van der Waals surface area contributed by atoms with Gasteiger partial charge in [-0.15, -0.1) is 0 Å². The predicted octanol–water partition coefficient (Wildman–Crippen LogP) is 3.63. The number of halogens is 2. The van der Waals surface area contributed by atoms with Gasteiger partial charge >= 0.3 is 0 Å². The van der Waals surface area contributed by atoms with Crippen LogP contribution in [0.1, 0.15) is 50.6 Å². The molecule has 2 aliphatic rings. The number of rotatable bonds is 5. The molecule has 1 aliphatic carbocycles. The second kappa shape index (κ2) is 6.41. The Balaban J connectivity index is 1.73. The quantitative estimate of drug-likeness (QED) is 0.892. The molecule has 1 saturated carbocycles. The van der Waals surface area contributed by atoms with E-state index in [1.807, 2.05) is 0 Å². The van der Waals surface area contributed by atoms with Crippen LogP contribution in [0.2, 0.25) is 0 Å². The summed E-state index contributed by atoms with van der Waals surface area (Å²) in [6.07, 6.45) is 6.14. The van der Waals surface area contributed by atoms with Gasteiger partial charge in [-0.3, -0.25) is 4.90 Å². The number of piperidine rings is 1. The summed E-state index contributed by atoms with van der Waals surface area (Å²) in [7, 11) is 0. The zero-order chi connectivity index (χ0) is 14.8. The van der Waals surface area contributed by atoms with Gasteiger partial charge < -0.3 is 5.32 Å². The molecule has 21 heavy (non-hydrogen) atoms. The van der Waals surface area contributed by atoms with Crippen molar-refractivity contribution in [2.45, 2.75) is 57.2 Å². The average Bonchev–Trinajstić information content (AvgIpc) is 3.29. The highest BCUT2D eigenvalue weighted by molar-refractivity contribution is 5.21. The van der Waals surface area contributed by atoms with E-state index in [4.69, 9.17) is 0 Å². The van der Waals surface area contributed by atoms with E-state index in [9.17, 15) is 8.78 Å². The second-order valence-corrected chi connectivity index (χ2v) is 6.45. The van der Waals surface area contributed by atoms with Crippen LogP contribution in [-0.4, -0.2) is 30.1 Å². The van der Waals surface area contributed by atoms with E-state index in [0.717, 1.165) is 24.7 Å². The van der Waals surface area contributed by atoms with Crippen LogP contribution in [0, 0.1) is 11.6 Å². The number of nitrogens with one attached hydrogen (secondary N) is 1. The molecule has 2 atom stereocenters. The van der Waals surface area contributed by atoms with Crippen molar-refractivity contribution in [3.8, 4) is 0 Å². The van der Waals surface area contributed by atoms with Gasteiger partial charge in [-0.05, 0) is 56.8 Å². The van der Waals surface area contributed by atoms with Gasteiger partial charge in [0, 0.05) is 30.7 Å². The van der Waals surface area contributed by atoms with Crippen molar-refractivity contribution >= 4 is 0 Å². The first kappa shape index (κ1) is 14.9. The highest BCUT2D eigenvalue weighted by Crippen LogP contribution is 2.35. The minimum absolute atomic E-state index is 0.0615. The fraction of sp³-hybridized carbons (Fsp3) is 0.647. The third-order valence-corrected chi connectivity index (χ3v) is 4.72. The minimum atomic E-state index is -0.483. The Hall–Kier alpha value is -1.00. The van der Waals surface area contributed by atoms with E-state index in [2.05, 4.69) is 17.1 Å². The molecule has 3 rings (SSSR count). The van der Waals surface area contributed by atoms with Crippen molar-refractivity contribution in [1.82, 2.24) is 10.2 Å². The Morgan fingerprint density at radius 1 is 1.14 bits per heavy atom. The van der Waals surface area contributed by atoms with Gasteiger partial charge in [-0.25, -0.2) is 8.78 Å². The summed E-state index contributed by atoms with van der Waals surface area (Å²) in [5.74, 6) is -0.966. The van der Waals surface area contributed by atoms with E-state index < -0.39 is 11.6 Å². The monoisotopic (exact) mass is 294 g/mol. The number of nitrogens with zero attached hydrogens (tertiary/aromatic N) is 1. The third-order valence-electron chi connectivity index (χ3n) is 4.72. The fourth-order valence-corrected chi connectivity index (χ4v) is 3.37. The van der Waals surface area contributed by atoms with E-state index in [1.54, 1.807) is 0 Å². The highest BCUT2D eigenvalue weighted by atomic mass is 19.1. The Bertz CT molecular complexity index is 461. The van der Waals surface area contributed by atoms with E-state index in [-0.39, 0.29) is 6.04 Å². The molecular weight excluding hydrogens is 270 g/mol. The van der Waals surface area contributed by atoms with Gasteiger partial charge in [0.2, 0.25) is 0 Å². The van der Waals surface area contributed by atoms with Gasteiger partial charge in [-0.1, -0.05) is 6.42 Å². The molecule has 1 aliphatic heterocycles. The number of hydrogen-bond donors (Lipinski definition) is 1. The van der Waals surface area contributed by atoms with Crippen molar-refractivity contribution in [3.63, 3.8) is 0 Å². The summed E-state index contributed by atoms with van der Waals surface area (Å²) in [6.45, 7) is 4.13. The molecule has 2 unspecified atom stereocenters. The molecule has 116 valence electrons. The largest absolute Gasteiger partial charge is 0.313 e. The maximum Gasteiger partial charge on any atom is 0.126 e.